The summed E-state index contributed by atoms with van der Waals surface area (Å²) < 4.78 is 15.4. The van der Waals surface area contributed by atoms with Gasteiger partial charge in [0.15, 0.2) is 11.7 Å². The maximum atomic E-state index is 13.8. The Morgan fingerprint density at radius 3 is 2.60 bits per heavy atom. The van der Waals surface area contributed by atoms with Crippen molar-refractivity contribution in [3.8, 4) is 0 Å². The number of aryl methyl sites for hydroxylation is 1. The topological polar surface area (TPSA) is 154 Å². The SMILES string of the molecule is Cc1ccc(C(C(=O)NCC2CCCO2)N(Cc2ccccc2)C(=O)c2snc(C(N)=O)c2N)o1. The van der Waals surface area contributed by atoms with Crippen molar-refractivity contribution in [1.82, 2.24) is 14.6 Å². The third kappa shape index (κ3) is 5.52. The van der Waals surface area contributed by atoms with E-state index in [9.17, 15) is 14.4 Å². The standard InChI is InChI=1S/C24H27N5O5S/c1-14-9-10-17(34-14)20(23(31)27-12-16-8-5-11-33-16)29(13-15-6-3-2-4-7-15)24(32)21-18(25)19(22(26)30)28-35-21/h2-4,6-7,9-10,16,20H,5,8,11-13,25H2,1H3,(H2,26,30)(H,27,31). The van der Waals surface area contributed by atoms with Crippen molar-refractivity contribution in [3.05, 3.63) is 70.1 Å². The number of amides is 3. The van der Waals surface area contributed by atoms with Gasteiger partial charge in [-0.05, 0) is 49.0 Å². The lowest BCUT2D eigenvalue weighted by Crippen LogP contribution is -2.45. The third-order valence-electron chi connectivity index (χ3n) is 5.73. The van der Waals surface area contributed by atoms with E-state index in [1.807, 2.05) is 30.3 Å². The summed E-state index contributed by atoms with van der Waals surface area (Å²) in [5.74, 6) is -0.924. The molecule has 0 spiro atoms. The second-order valence-corrected chi connectivity index (χ2v) is 9.06. The van der Waals surface area contributed by atoms with Crippen LogP contribution in [-0.4, -0.2) is 46.3 Å². The molecule has 35 heavy (non-hydrogen) atoms. The van der Waals surface area contributed by atoms with E-state index in [0.29, 0.717) is 24.7 Å². The molecule has 2 atom stereocenters. The van der Waals surface area contributed by atoms with Crippen LogP contribution in [0, 0.1) is 6.92 Å². The Morgan fingerprint density at radius 2 is 2.00 bits per heavy atom. The molecule has 2 unspecified atom stereocenters. The number of nitrogen functional groups attached to an aromatic ring is 1. The Labute approximate surface area is 206 Å². The van der Waals surface area contributed by atoms with Gasteiger partial charge in [0.25, 0.3) is 17.7 Å². The fourth-order valence-electron chi connectivity index (χ4n) is 3.96. The van der Waals surface area contributed by atoms with Crippen LogP contribution < -0.4 is 16.8 Å². The van der Waals surface area contributed by atoms with E-state index in [2.05, 4.69) is 9.69 Å². The number of benzene rings is 1. The molecule has 5 N–H and O–H groups in total. The van der Waals surface area contributed by atoms with Crippen molar-refractivity contribution in [1.29, 1.82) is 0 Å². The van der Waals surface area contributed by atoms with Crippen LogP contribution >= 0.6 is 11.5 Å². The Bertz CT molecular complexity index is 1200. The minimum absolute atomic E-state index is 0.0231. The van der Waals surface area contributed by atoms with Gasteiger partial charge in [0.1, 0.15) is 16.4 Å². The summed E-state index contributed by atoms with van der Waals surface area (Å²) in [5.41, 5.74) is 11.9. The van der Waals surface area contributed by atoms with Crippen LogP contribution in [0.25, 0.3) is 0 Å². The lowest BCUT2D eigenvalue weighted by Gasteiger charge is -2.30. The molecule has 0 aliphatic carbocycles. The zero-order chi connectivity index (χ0) is 24.9. The van der Waals surface area contributed by atoms with Gasteiger partial charge in [-0.15, -0.1) is 0 Å². The van der Waals surface area contributed by atoms with E-state index < -0.39 is 23.8 Å². The van der Waals surface area contributed by atoms with Crippen LogP contribution in [0.1, 0.15) is 56.1 Å². The fraction of sp³-hybridized carbons (Fsp3) is 0.333. The normalized spacial score (nSPS) is 16.1. The predicted molar refractivity (Wildman–Crippen MR) is 130 cm³/mol. The lowest BCUT2D eigenvalue weighted by atomic mass is 10.1. The number of hydrogen-bond donors (Lipinski definition) is 3. The lowest BCUT2D eigenvalue weighted by molar-refractivity contribution is -0.127. The van der Waals surface area contributed by atoms with Crippen LogP contribution in [0.2, 0.25) is 0 Å². The maximum Gasteiger partial charge on any atom is 0.270 e. The number of primary amides is 1. The number of ether oxygens (including phenoxy) is 1. The number of nitrogens with zero attached hydrogens (tertiary/aromatic N) is 2. The van der Waals surface area contributed by atoms with Gasteiger partial charge in [-0.3, -0.25) is 14.4 Å². The van der Waals surface area contributed by atoms with E-state index in [0.717, 1.165) is 29.9 Å². The molecule has 1 aliphatic heterocycles. The van der Waals surface area contributed by atoms with Crippen molar-refractivity contribution in [2.75, 3.05) is 18.9 Å². The molecular weight excluding hydrogens is 470 g/mol. The van der Waals surface area contributed by atoms with Gasteiger partial charge < -0.3 is 30.8 Å². The first kappa shape index (κ1) is 24.4. The number of furan rings is 1. The molecule has 2 aromatic heterocycles. The first-order chi connectivity index (χ1) is 16.8. The molecule has 3 amide bonds. The molecule has 4 rings (SSSR count). The molecule has 3 heterocycles. The Hall–Kier alpha value is -3.70. The first-order valence-electron chi connectivity index (χ1n) is 11.2. The van der Waals surface area contributed by atoms with Gasteiger partial charge in [-0.1, -0.05) is 30.3 Å². The number of hydrogen-bond acceptors (Lipinski definition) is 8. The molecule has 0 saturated carbocycles. The second kappa shape index (κ2) is 10.7. The molecule has 0 bridgehead atoms. The summed E-state index contributed by atoms with van der Waals surface area (Å²) in [7, 11) is 0. The van der Waals surface area contributed by atoms with Crippen molar-refractivity contribution in [2.45, 2.75) is 38.5 Å². The number of anilines is 1. The Balaban J connectivity index is 1.72. The smallest absolute Gasteiger partial charge is 0.270 e. The van der Waals surface area contributed by atoms with Gasteiger partial charge in [-0.25, -0.2) is 0 Å². The van der Waals surface area contributed by atoms with Crippen LogP contribution in [0.15, 0.2) is 46.9 Å². The van der Waals surface area contributed by atoms with E-state index in [1.165, 1.54) is 4.90 Å². The van der Waals surface area contributed by atoms with Gasteiger partial charge in [0.2, 0.25) is 0 Å². The summed E-state index contributed by atoms with van der Waals surface area (Å²) in [4.78, 5) is 40.4. The number of nitrogens with one attached hydrogen (secondary N) is 1. The van der Waals surface area contributed by atoms with Gasteiger partial charge in [0, 0.05) is 19.7 Å². The minimum atomic E-state index is -1.10. The number of carbonyl (C=O) groups is 3. The molecule has 1 fully saturated rings. The van der Waals surface area contributed by atoms with Crippen molar-refractivity contribution in [2.24, 2.45) is 5.73 Å². The molecule has 184 valence electrons. The third-order valence-corrected chi connectivity index (χ3v) is 6.58. The van der Waals surface area contributed by atoms with Crippen molar-refractivity contribution in [3.63, 3.8) is 0 Å². The molecule has 3 aromatic rings. The number of carbonyl (C=O) groups excluding carboxylic acids is 3. The zero-order valence-electron chi connectivity index (χ0n) is 19.2. The average molecular weight is 498 g/mol. The van der Waals surface area contributed by atoms with E-state index >= 15 is 0 Å². The molecule has 1 aromatic carbocycles. The summed E-state index contributed by atoms with van der Waals surface area (Å²) in [6.07, 6.45) is 1.71. The number of nitrogens with two attached hydrogens (primary N) is 2. The summed E-state index contributed by atoms with van der Waals surface area (Å²) in [6.45, 7) is 2.82. The molecule has 10 nitrogen and oxygen atoms in total. The highest BCUT2D eigenvalue weighted by Gasteiger charge is 2.37. The molecule has 1 aliphatic rings. The average Bonchev–Trinajstić information content (AvgIpc) is 3.59. The first-order valence-corrected chi connectivity index (χ1v) is 12.0. The van der Waals surface area contributed by atoms with Gasteiger partial charge >= 0.3 is 0 Å². The quantitative estimate of drug-likeness (QED) is 0.410. The van der Waals surface area contributed by atoms with Crippen molar-refractivity contribution >= 4 is 34.9 Å². The van der Waals surface area contributed by atoms with E-state index in [4.69, 9.17) is 20.6 Å². The van der Waals surface area contributed by atoms with Crippen LogP contribution in [0.5, 0.6) is 0 Å². The van der Waals surface area contributed by atoms with Crippen LogP contribution in [-0.2, 0) is 16.1 Å². The van der Waals surface area contributed by atoms with Crippen LogP contribution in [0.4, 0.5) is 5.69 Å². The highest BCUT2D eigenvalue weighted by Crippen LogP contribution is 2.31. The van der Waals surface area contributed by atoms with Crippen molar-refractivity contribution < 1.29 is 23.5 Å². The summed E-state index contributed by atoms with van der Waals surface area (Å²) in [6, 6.07) is 11.5. The fourth-order valence-corrected chi connectivity index (χ4v) is 4.72. The summed E-state index contributed by atoms with van der Waals surface area (Å²) in [5, 5.41) is 2.91. The highest BCUT2D eigenvalue weighted by atomic mass is 32.1. The largest absolute Gasteiger partial charge is 0.464 e. The zero-order valence-corrected chi connectivity index (χ0v) is 20.0. The molecular formula is C24H27N5O5S. The minimum Gasteiger partial charge on any atom is -0.464 e. The summed E-state index contributed by atoms with van der Waals surface area (Å²) >= 11 is 0.765. The molecule has 11 heteroatoms. The van der Waals surface area contributed by atoms with Gasteiger partial charge in [-0.2, -0.15) is 4.37 Å². The molecule has 1 saturated heterocycles. The maximum absolute atomic E-state index is 13.8. The second-order valence-electron chi connectivity index (χ2n) is 8.29. The number of aromatic nitrogens is 1. The number of rotatable bonds is 9. The van der Waals surface area contributed by atoms with Crippen LogP contribution in [0.3, 0.4) is 0 Å². The van der Waals surface area contributed by atoms with Gasteiger partial charge in [0.05, 0.1) is 11.8 Å². The van der Waals surface area contributed by atoms with E-state index in [1.54, 1.807) is 19.1 Å². The highest BCUT2D eigenvalue weighted by molar-refractivity contribution is 7.09. The predicted octanol–water partition coefficient (Wildman–Crippen LogP) is 2.40. The monoisotopic (exact) mass is 497 g/mol. The Kier molecular flexibility index (Phi) is 7.47. The van der Waals surface area contributed by atoms with E-state index in [-0.39, 0.29) is 28.9 Å². The Morgan fingerprint density at radius 1 is 1.23 bits per heavy atom. The molecule has 0 radical (unpaired) electrons.